The fraction of sp³-hybridized carbons (Fsp3) is 0.333. The van der Waals surface area contributed by atoms with Crippen LogP contribution in [-0.2, 0) is 42.2 Å². The van der Waals surface area contributed by atoms with Crippen LogP contribution in [0.5, 0.6) is 0 Å². The van der Waals surface area contributed by atoms with E-state index in [1.165, 1.54) is 17.8 Å². The molecule has 0 atom stereocenters. The molecule has 0 unspecified atom stereocenters. The third-order valence-corrected chi connectivity index (χ3v) is 2.92. The molecule has 1 aromatic rings. The second-order valence-corrected chi connectivity index (χ2v) is 4.31. The zero-order chi connectivity index (χ0) is 12.8. The van der Waals surface area contributed by atoms with Crippen LogP contribution >= 0.6 is 11.8 Å². The van der Waals surface area contributed by atoms with Crippen LogP contribution in [0.4, 0.5) is 0 Å². The number of ether oxygens (including phenoxy) is 1. The normalized spacial score (nSPS) is 9.44. The second kappa shape index (κ2) is 8.67. The van der Waals surface area contributed by atoms with Gasteiger partial charge in [-0.15, -0.1) is 22.2 Å². The summed E-state index contributed by atoms with van der Waals surface area (Å²) >= 11 is 1.17. The molecule has 0 saturated carbocycles. The number of rotatable bonds is 5. The number of aliphatic carboxylic acids is 1. The van der Waals surface area contributed by atoms with Gasteiger partial charge >= 0.3 is 5.97 Å². The van der Waals surface area contributed by atoms with E-state index >= 15 is 0 Å². The van der Waals surface area contributed by atoms with Gasteiger partial charge in [0.05, 0.1) is 12.4 Å². The van der Waals surface area contributed by atoms with Gasteiger partial charge < -0.3 is 9.84 Å². The third kappa shape index (κ3) is 5.50. The summed E-state index contributed by atoms with van der Waals surface area (Å²) in [5, 5.41) is 8.55. The van der Waals surface area contributed by atoms with Crippen LogP contribution in [0, 0.1) is 13.0 Å². The van der Waals surface area contributed by atoms with E-state index in [-0.39, 0.29) is 44.4 Å². The van der Waals surface area contributed by atoms with Gasteiger partial charge in [-0.3, -0.25) is 9.59 Å². The number of carboxylic acids is 1. The third-order valence-electron chi connectivity index (χ3n) is 1.98. The molecule has 0 fully saturated rings. The molecular weight excluding hydrogens is 329 g/mol. The van der Waals surface area contributed by atoms with Gasteiger partial charge in [-0.05, 0) is 12.5 Å². The molecule has 0 saturated heterocycles. The van der Waals surface area contributed by atoms with Gasteiger partial charge in [-0.1, -0.05) is 6.92 Å². The minimum absolute atomic E-state index is 0. The second-order valence-electron chi connectivity index (χ2n) is 3.30. The number of benzene rings is 1. The maximum absolute atomic E-state index is 11.5. The minimum atomic E-state index is -0.879. The summed E-state index contributed by atoms with van der Waals surface area (Å²) < 4.78 is 4.89. The first kappa shape index (κ1) is 17.6. The molecule has 1 N–H and O–H groups in total. The molecule has 0 bridgehead atoms. The Morgan fingerprint density at radius 2 is 2.17 bits per heavy atom. The number of aryl methyl sites for hydroxylation is 1. The fourth-order valence-electron chi connectivity index (χ4n) is 1.22. The zero-order valence-electron chi connectivity index (χ0n) is 10.2. The standard InChI is InChI=1S/C12H13O4S.Y/c1-3-16-12(15)10-5-4-9(6-8(10)2)17-7-11(13)14;/h5-6H,3,7H2,1-2H3,(H,13,14);/q-1;. The van der Waals surface area contributed by atoms with E-state index in [0.29, 0.717) is 17.1 Å². The average Bonchev–Trinajstić information content (AvgIpc) is 2.26. The van der Waals surface area contributed by atoms with Crippen molar-refractivity contribution in [2.45, 2.75) is 18.7 Å². The van der Waals surface area contributed by atoms with Crippen molar-refractivity contribution in [1.82, 2.24) is 0 Å². The Morgan fingerprint density at radius 1 is 1.50 bits per heavy atom. The Bertz CT molecular complexity index is 434. The van der Waals surface area contributed by atoms with E-state index < -0.39 is 5.97 Å². The molecule has 1 rings (SSSR count). The molecule has 0 aliphatic carbocycles. The van der Waals surface area contributed by atoms with Crippen LogP contribution in [0.3, 0.4) is 0 Å². The van der Waals surface area contributed by atoms with Crippen LogP contribution in [0.2, 0.25) is 0 Å². The van der Waals surface area contributed by atoms with Gasteiger partial charge in [-0.2, -0.15) is 18.2 Å². The largest absolute Gasteiger partial charge is 0.481 e. The van der Waals surface area contributed by atoms with E-state index in [1.807, 2.05) is 0 Å². The number of carbonyl (C=O) groups excluding carboxylic acids is 1. The number of hydrogen-bond acceptors (Lipinski definition) is 4. The Labute approximate surface area is 135 Å². The van der Waals surface area contributed by atoms with Gasteiger partial charge in [0.15, 0.2) is 0 Å². The Balaban J connectivity index is 0.00000289. The molecule has 6 heteroatoms. The van der Waals surface area contributed by atoms with Crippen LogP contribution in [0.1, 0.15) is 22.8 Å². The Morgan fingerprint density at radius 3 is 2.67 bits per heavy atom. The summed E-state index contributed by atoms with van der Waals surface area (Å²) in [4.78, 5) is 22.6. The minimum Gasteiger partial charge on any atom is -0.481 e. The summed E-state index contributed by atoms with van der Waals surface area (Å²) in [6, 6.07) is 6.15. The molecule has 0 aliphatic heterocycles. The first-order valence-electron chi connectivity index (χ1n) is 5.08. The van der Waals surface area contributed by atoms with E-state index in [1.54, 1.807) is 19.9 Å². The fourth-order valence-corrected chi connectivity index (χ4v) is 1.91. The predicted molar refractivity (Wildman–Crippen MR) is 64.3 cm³/mol. The molecule has 95 valence electrons. The Hall–Kier alpha value is -0.386. The summed E-state index contributed by atoms with van der Waals surface area (Å²) in [5.41, 5.74) is 1.22. The van der Waals surface area contributed by atoms with Gasteiger partial charge in [0, 0.05) is 32.7 Å². The van der Waals surface area contributed by atoms with Gasteiger partial charge in [0.1, 0.15) is 0 Å². The van der Waals surface area contributed by atoms with Crippen LogP contribution in [0.15, 0.2) is 17.0 Å². The number of thioether (sulfide) groups is 1. The quantitative estimate of drug-likeness (QED) is 0.505. The smallest absolute Gasteiger partial charge is 0.313 e. The summed E-state index contributed by atoms with van der Waals surface area (Å²) in [6.07, 6.45) is 0. The molecule has 0 amide bonds. The first-order valence-corrected chi connectivity index (χ1v) is 6.07. The monoisotopic (exact) mass is 342 g/mol. The van der Waals surface area contributed by atoms with Gasteiger partial charge in [-0.25, -0.2) is 0 Å². The summed E-state index contributed by atoms with van der Waals surface area (Å²) in [5.74, 6) is -1.28. The first-order chi connectivity index (χ1) is 8.04. The molecule has 0 spiro atoms. The van der Waals surface area contributed by atoms with Crippen molar-refractivity contribution in [3.05, 3.63) is 29.3 Å². The molecule has 18 heavy (non-hydrogen) atoms. The topological polar surface area (TPSA) is 63.6 Å². The zero-order valence-corrected chi connectivity index (χ0v) is 13.9. The molecular formula is C12H13O4SY-. The predicted octanol–water partition coefficient (Wildman–Crippen LogP) is 2.15. The maximum Gasteiger partial charge on any atom is 0.313 e. The van der Waals surface area contributed by atoms with E-state index in [4.69, 9.17) is 9.84 Å². The van der Waals surface area contributed by atoms with Crippen molar-refractivity contribution in [3.63, 3.8) is 0 Å². The Kier molecular flexibility index (Phi) is 8.48. The van der Waals surface area contributed by atoms with Crippen molar-refractivity contribution in [3.8, 4) is 0 Å². The summed E-state index contributed by atoms with van der Waals surface area (Å²) in [7, 11) is 0. The van der Waals surface area contributed by atoms with Crippen molar-refractivity contribution in [1.29, 1.82) is 0 Å². The number of carboxylic acid groups (broad SMARTS) is 1. The van der Waals surface area contributed by atoms with Crippen molar-refractivity contribution < 1.29 is 52.1 Å². The van der Waals surface area contributed by atoms with Crippen molar-refractivity contribution in [2.75, 3.05) is 12.4 Å². The number of carbonyl (C=O) groups is 2. The number of hydrogen-bond donors (Lipinski definition) is 1. The summed E-state index contributed by atoms with van der Waals surface area (Å²) in [6.45, 7) is 3.85. The maximum atomic E-state index is 11.5. The number of esters is 1. The van der Waals surface area contributed by atoms with Crippen molar-refractivity contribution in [2.24, 2.45) is 0 Å². The molecule has 1 radical (unpaired) electrons. The molecule has 1 aromatic carbocycles. The van der Waals surface area contributed by atoms with Crippen LogP contribution < -0.4 is 0 Å². The van der Waals surface area contributed by atoms with E-state index in [2.05, 4.69) is 6.07 Å². The van der Waals surface area contributed by atoms with Crippen molar-refractivity contribution >= 4 is 23.7 Å². The molecule has 0 aromatic heterocycles. The van der Waals surface area contributed by atoms with E-state index in [0.717, 1.165) is 5.56 Å². The van der Waals surface area contributed by atoms with E-state index in [9.17, 15) is 9.59 Å². The molecule has 0 heterocycles. The van der Waals surface area contributed by atoms with Gasteiger partial charge in [0.2, 0.25) is 0 Å². The van der Waals surface area contributed by atoms with Crippen LogP contribution in [0.25, 0.3) is 0 Å². The average molecular weight is 342 g/mol. The molecule has 4 nitrogen and oxygen atoms in total. The SMILES string of the molecule is CCOC(=O)c1c[c-]c(SCC(=O)O)cc1C.[Y]. The van der Waals surface area contributed by atoms with Gasteiger partial charge in [0.25, 0.3) is 5.97 Å². The van der Waals surface area contributed by atoms with Crippen LogP contribution in [-0.4, -0.2) is 29.4 Å². The molecule has 0 aliphatic rings.